The van der Waals surface area contributed by atoms with Crippen LogP contribution in [0.4, 0.5) is 0 Å². The van der Waals surface area contributed by atoms with Crippen LogP contribution in [0, 0.1) is 6.92 Å². The van der Waals surface area contributed by atoms with Crippen molar-refractivity contribution < 1.29 is 14.3 Å². The van der Waals surface area contributed by atoms with E-state index >= 15 is 0 Å². The maximum atomic E-state index is 12.2. The monoisotopic (exact) mass is 299 g/mol. The zero-order chi connectivity index (χ0) is 15.9. The quantitative estimate of drug-likeness (QED) is 0.891. The lowest BCUT2D eigenvalue weighted by atomic mass is 10.0. The van der Waals surface area contributed by atoms with Gasteiger partial charge in [0.1, 0.15) is 5.75 Å². The number of carbonyl (C=O) groups is 1. The van der Waals surface area contributed by atoms with Gasteiger partial charge in [0, 0.05) is 19.2 Å². The Morgan fingerprint density at radius 3 is 2.59 bits per heavy atom. The predicted octanol–water partition coefficient (Wildman–Crippen LogP) is 3.12. The fraction of sp³-hybridized carbons (Fsp3) is 0.278. The summed E-state index contributed by atoms with van der Waals surface area (Å²) < 4.78 is 10.6. The number of benzene rings is 2. The highest BCUT2D eigenvalue weighted by atomic mass is 16.5. The number of amides is 1. The second-order valence-electron chi connectivity index (χ2n) is 5.02. The molecule has 0 heterocycles. The maximum absolute atomic E-state index is 12.2. The van der Waals surface area contributed by atoms with E-state index in [0.29, 0.717) is 17.9 Å². The number of aryl methyl sites for hydroxylation is 1. The summed E-state index contributed by atoms with van der Waals surface area (Å²) in [7, 11) is 3.23. The van der Waals surface area contributed by atoms with Crippen LogP contribution in [-0.2, 0) is 4.74 Å². The van der Waals surface area contributed by atoms with E-state index in [-0.39, 0.29) is 12.0 Å². The summed E-state index contributed by atoms with van der Waals surface area (Å²) >= 11 is 0. The Morgan fingerprint density at radius 1 is 1.14 bits per heavy atom. The van der Waals surface area contributed by atoms with Crippen molar-refractivity contribution in [2.75, 3.05) is 20.8 Å². The zero-order valence-corrected chi connectivity index (χ0v) is 13.1. The molecular weight excluding hydrogens is 278 g/mol. The molecule has 2 aromatic carbocycles. The SMILES string of the molecule is COc1cccc(C(=O)NC[C@@H](OC)c2ccccc2C)c1. The van der Waals surface area contributed by atoms with Gasteiger partial charge in [-0.2, -0.15) is 0 Å². The minimum atomic E-state index is -0.171. The molecule has 4 heteroatoms. The molecule has 22 heavy (non-hydrogen) atoms. The van der Waals surface area contributed by atoms with Gasteiger partial charge < -0.3 is 14.8 Å². The minimum absolute atomic E-state index is 0.144. The molecule has 0 saturated heterocycles. The number of methoxy groups -OCH3 is 2. The summed E-state index contributed by atoms with van der Waals surface area (Å²) in [4.78, 5) is 12.2. The molecule has 0 aliphatic rings. The van der Waals surface area contributed by atoms with Crippen LogP contribution >= 0.6 is 0 Å². The van der Waals surface area contributed by atoms with Crippen molar-refractivity contribution in [3.05, 3.63) is 65.2 Å². The van der Waals surface area contributed by atoms with Crippen LogP contribution < -0.4 is 10.1 Å². The first-order valence-corrected chi connectivity index (χ1v) is 7.16. The number of ether oxygens (including phenoxy) is 2. The number of hydrogen-bond acceptors (Lipinski definition) is 3. The van der Waals surface area contributed by atoms with E-state index in [1.54, 1.807) is 32.4 Å². The molecule has 1 N–H and O–H groups in total. The highest BCUT2D eigenvalue weighted by Gasteiger charge is 2.15. The summed E-state index contributed by atoms with van der Waals surface area (Å²) in [6.07, 6.45) is -0.171. The van der Waals surface area contributed by atoms with Crippen LogP contribution in [0.15, 0.2) is 48.5 Å². The zero-order valence-electron chi connectivity index (χ0n) is 13.1. The summed E-state index contributed by atoms with van der Waals surface area (Å²) in [5, 5.41) is 2.91. The fourth-order valence-electron chi connectivity index (χ4n) is 2.32. The molecule has 0 bridgehead atoms. The average molecular weight is 299 g/mol. The molecule has 4 nitrogen and oxygen atoms in total. The van der Waals surface area contributed by atoms with E-state index in [9.17, 15) is 4.79 Å². The van der Waals surface area contributed by atoms with Gasteiger partial charge in [0.2, 0.25) is 0 Å². The third-order valence-corrected chi connectivity index (χ3v) is 3.60. The number of nitrogens with one attached hydrogen (secondary N) is 1. The van der Waals surface area contributed by atoms with Crippen molar-refractivity contribution in [2.45, 2.75) is 13.0 Å². The van der Waals surface area contributed by atoms with E-state index in [1.165, 1.54) is 0 Å². The molecule has 0 unspecified atom stereocenters. The third-order valence-electron chi connectivity index (χ3n) is 3.60. The fourth-order valence-corrected chi connectivity index (χ4v) is 2.32. The van der Waals surface area contributed by atoms with Gasteiger partial charge in [-0.1, -0.05) is 30.3 Å². The number of carbonyl (C=O) groups excluding carboxylic acids is 1. The summed E-state index contributed by atoms with van der Waals surface area (Å²) in [5.74, 6) is 0.518. The molecule has 1 amide bonds. The van der Waals surface area contributed by atoms with E-state index in [4.69, 9.17) is 9.47 Å². The lowest BCUT2D eigenvalue weighted by Crippen LogP contribution is -2.29. The highest BCUT2D eigenvalue weighted by Crippen LogP contribution is 2.20. The van der Waals surface area contributed by atoms with Gasteiger partial charge in [0.15, 0.2) is 0 Å². The average Bonchev–Trinajstić information content (AvgIpc) is 2.56. The van der Waals surface area contributed by atoms with Gasteiger partial charge in [-0.3, -0.25) is 4.79 Å². The van der Waals surface area contributed by atoms with Crippen molar-refractivity contribution in [3.8, 4) is 5.75 Å². The van der Waals surface area contributed by atoms with Gasteiger partial charge in [-0.25, -0.2) is 0 Å². The normalized spacial score (nSPS) is 11.8. The maximum Gasteiger partial charge on any atom is 0.251 e. The van der Waals surface area contributed by atoms with Gasteiger partial charge >= 0.3 is 0 Å². The summed E-state index contributed by atoms with van der Waals surface area (Å²) in [6, 6.07) is 15.1. The Bertz CT molecular complexity index is 640. The molecule has 0 spiro atoms. The molecule has 0 aliphatic carbocycles. The van der Waals surface area contributed by atoms with Crippen molar-refractivity contribution in [2.24, 2.45) is 0 Å². The molecular formula is C18H21NO3. The van der Waals surface area contributed by atoms with E-state index in [0.717, 1.165) is 11.1 Å². The first-order valence-electron chi connectivity index (χ1n) is 7.16. The Morgan fingerprint density at radius 2 is 1.91 bits per heavy atom. The molecule has 0 radical (unpaired) electrons. The minimum Gasteiger partial charge on any atom is -0.497 e. The van der Waals surface area contributed by atoms with Crippen LogP contribution in [0.1, 0.15) is 27.6 Å². The molecule has 0 aliphatic heterocycles. The van der Waals surface area contributed by atoms with E-state index in [2.05, 4.69) is 5.32 Å². The Labute approximate surface area is 131 Å². The Kier molecular flexibility index (Phi) is 5.55. The van der Waals surface area contributed by atoms with Crippen LogP contribution in [0.2, 0.25) is 0 Å². The smallest absolute Gasteiger partial charge is 0.251 e. The van der Waals surface area contributed by atoms with Crippen molar-refractivity contribution in [1.29, 1.82) is 0 Å². The third kappa shape index (κ3) is 3.86. The molecule has 116 valence electrons. The molecule has 2 rings (SSSR count). The predicted molar refractivity (Wildman–Crippen MR) is 86.3 cm³/mol. The first-order chi connectivity index (χ1) is 10.7. The van der Waals surface area contributed by atoms with E-state index in [1.807, 2.05) is 37.3 Å². The lowest BCUT2D eigenvalue weighted by Gasteiger charge is -2.18. The Balaban J connectivity index is 2.04. The van der Waals surface area contributed by atoms with Gasteiger partial charge in [-0.15, -0.1) is 0 Å². The largest absolute Gasteiger partial charge is 0.497 e. The molecule has 2 aromatic rings. The van der Waals surface area contributed by atoms with Gasteiger partial charge in [0.25, 0.3) is 5.91 Å². The standard InChI is InChI=1S/C18H21NO3/c1-13-7-4-5-10-16(13)17(22-3)12-19-18(20)14-8-6-9-15(11-14)21-2/h4-11,17H,12H2,1-3H3,(H,19,20)/t17-/m1/s1. The lowest BCUT2D eigenvalue weighted by molar-refractivity contribution is 0.0825. The summed E-state index contributed by atoms with van der Waals surface area (Å²) in [6.45, 7) is 2.45. The first kappa shape index (κ1) is 16.0. The summed E-state index contributed by atoms with van der Waals surface area (Å²) in [5.41, 5.74) is 2.79. The van der Waals surface area contributed by atoms with Crippen molar-refractivity contribution >= 4 is 5.91 Å². The number of rotatable bonds is 6. The van der Waals surface area contributed by atoms with Crippen LogP contribution in [0.5, 0.6) is 5.75 Å². The van der Waals surface area contributed by atoms with Crippen molar-refractivity contribution in [1.82, 2.24) is 5.32 Å². The topological polar surface area (TPSA) is 47.6 Å². The van der Waals surface area contributed by atoms with Crippen molar-refractivity contribution in [3.63, 3.8) is 0 Å². The molecule has 0 fully saturated rings. The van der Waals surface area contributed by atoms with E-state index < -0.39 is 0 Å². The second kappa shape index (κ2) is 7.61. The molecule has 1 atom stereocenters. The molecule has 0 saturated carbocycles. The molecule has 0 aromatic heterocycles. The number of hydrogen-bond donors (Lipinski definition) is 1. The van der Waals surface area contributed by atoms with Gasteiger partial charge in [-0.05, 0) is 36.2 Å². The van der Waals surface area contributed by atoms with Crippen LogP contribution in [0.3, 0.4) is 0 Å². The van der Waals surface area contributed by atoms with Crippen LogP contribution in [-0.4, -0.2) is 26.7 Å². The van der Waals surface area contributed by atoms with Crippen LogP contribution in [0.25, 0.3) is 0 Å². The highest BCUT2D eigenvalue weighted by molar-refractivity contribution is 5.94. The van der Waals surface area contributed by atoms with Gasteiger partial charge in [0.05, 0.1) is 13.2 Å². The second-order valence-corrected chi connectivity index (χ2v) is 5.02. The Hall–Kier alpha value is -2.33.